The number of amides is 1. The maximum absolute atomic E-state index is 13.1. The standard InChI is InChI=1S/C17H23FN2O2/c18-13-5-3-4-12(10-13)16(21)11-19-17(22)15-8-9-20(15)14-6-1-2-7-14/h3-5,10,14-16,21H,1-2,6-9,11H2,(H,19,22). The highest BCUT2D eigenvalue weighted by Crippen LogP contribution is 2.31. The zero-order valence-electron chi connectivity index (χ0n) is 12.7. The molecule has 1 saturated carbocycles. The van der Waals surface area contributed by atoms with Crippen molar-refractivity contribution in [3.8, 4) is 0 Å². The van der Waals surface area contributed by atoms with Crippen LogP contribution in [0.5, 0.6) is 0 Å². The summed E-state index contributed by atoms with van der Waals surface area (Å²) in [5.74, 6) is -0.400. The number of nitrogens with zero attached hydrogens (tertiary/aromatic N) is 1. The van der Waals surface area contributed by atoms with Crippen molar-refractivity contribution in [1.29, 1.82) is 0 Å². The number of aliphatic hydroxyl groups excluding tert-OH is 1. The molecule has 1 aromatic carbocycles. The van der Waals surface area contributed by atoms with Crippen LogP contribution in [0.4, 0.5) is 4.39 Å². The largest absolute Gasteiger partial charge is 0.387 e. The predicted molar refractivity (Wildman–Crippen MR) is 81.7 cm³/mol. The molecular formula is C17H23FN2O2. The Bertz CT molecular complexity index is 531. The molecule has 5 heteroatoms. The fraction of sp³-hybridized carbons (Fsp3) is 0.588. The Labute approximate surface area is 130 Å². The summed E-state index contributed by atoms with van der Waals surface area (Å²) in [6, 6.07) is 6.35. The maximum atomic E-state index is 13.1. The molecule has 3 rings (SSSR count). The summed E-state index contributed by atoms with van der Waals surface area (Å²) >= 11 is 0. The minimum atomic E-state index is -0.875. The van der Waals surface area contributed by atoms with Crippen LogP contribution in [-0.2, 0) is 4.79 Å². The molecule has 0 spiro atoms. The second-order valence-electron chi connectivity index (χ2n) is 6.30. The van der Waals surface area contributed by atoms with Crippen LogP contribution in [0.15, 0.2) is 24.3 Å². The number of nitrogens with one attached hydrogen (secondary N) is 1. The quantitative estimate of drug-likeness (QED) is 0.875. The molecular weight excluding hydrogens is 283 g/mol. The van der Waals surface area contributed by atoms with E-state index in [1.807, 2.05) is 0 Å². The van der Waals surface area contributed by atoms with E-state index in [2.05, 4.69) is 10.2 Å². The highest BCUT2D eigenvalue weighted by Gasteiger charge is 2.39. The Morgan fingerprint density at radius 3 is 2.77 bits per heavy atom. The summed E-state index contributed by atoms with van der Waals surface area (Å²) in [6.07, 6.45) is 4.91. The molecule has 2 aliphatic rings. The van der Waals surface area contributed by atoms with Gasteiger partial charge in [0.2, 0.25) is 5.91 Å². The lowest BCUT2D eigenvalue weighted by atomic mass is 9.97. The van der Waals surface area contributed by atoms with E-state index in [1.54, 1.807) is 12.1 Å². The number of aliphatic hydroxyl groups is 1. The van der Waals surface area contributed by atoms with E-state index in [1.165, 1.54) is 37.8 Å². The fourth-order valence-electron chi connectivity index (χ4n) is 3.51. The SMILES string of the molecule is O=C(NCC(O)c1cccc(F)c1)C1CCN1C1CCCC1. The monoisotopic (exact) mass is 306 g/mol. The smallest absolute Gasteiger partial charge is 0.237 e. The first-order valence-electron chi connectivity index (χ1n) is 8.12. The normalized spacial score (nSPS) is 24.0. The van der Waals surface area contributed by atoms with E-state index in [0.717, 1.165) is 13.0 Å². The molecule has 1 aliphatic carbocycles. The van der Waals surface area contributed by atoms with Crippen LogP contribution in [0.2, 0.25) is 0 Å². The second kappa shape index (κ2) is 6.75. The minimum Gasteiger partial charge on any atom is -0.387 e. The molecule has 1 aromatic rings. The summed E-state index contributed by atoms with van der Waals surface area (Å²) in [6.45, 7) is 1.12. The van der Waals surface area contributed by atoms with Crippen LogP contribution in [0.1, 0.15) is 43.8 Å². The van der Waals surface area contributed by atoms with Gasteiger partial charge in [0, 0.05) is 19.1 Å². The number of carbonyl (C=O) groups is 1. The molecule has 1 aliphatic heterocycles. The highest BCUT2D eigenvalue weighted by molar-refractivity contribution is 5.82. The van der Waals surface area contributed by atoms with Gasteiger partial charge in [-0.25, -0.2) is 4.39 Å². The van der Waals surface area contributed by atoms with Crippen molar-refractivity contribution in [1.82, 2.24) is 10.2 Å². The first-order chi connectivity index (χ1) is 10.6. The van der Waals surface area contributed by atoms with Crippen molar-refractivity contribution in [3.05, 3.63) is 35.6 Å². The van der Waals surface area contributed by atoms with Crippen LogP contribution in [0.25, 0.3) is 0 Å². The Kier molecular flexibility index (Phi) is 4.74. The Morgan fingerprint density at radius 1 is 1.36 bits per heavy atom. The second-order valence-corrected chi connectivity index (χ2v) is 6.30. The fourth-order valence-corrected chi connectivity index (χ4v) is 3.51. The van der Waals surface area contributed by atoms with Crippen LogP contribution in [0, 0.1) is 5.82 Å². The molecule has 0 aromatic heterocycles. The van der Waals surface area contributed by atoms with E-state index < -0.39 is 6.10 Å². The molecule has 1 saturated heterocycles. The average molecular weight is 306 g/mol. The third-order valence-electron chi connectivity index (χ3n) is 4.86. The number of hydrogen-bond acceptors (Lipinski definition) is 3. The molecule has 1 heterocycles. The third-order valence-corrected chi connectivity index (χ3v) is 4.86. The number of benzene rings is 1. The van der Waals surface area contributed by atoms with E-state index in [0.29, 0.717) is 11.6 Å². The first kappa shape index (κ1) is 15.4. The Balaban J connectivity index is 1.49. The van der Waals surface area contributed by atoms with Crippen molar-refractivity contribution >= 4 is 5.91 Å². The zero-order chi connectivity index (χ0) is 15.5. The van der Waals surface area contributed by atoms with Crippen LogP contribution >= 0.6 is 0 Å². The maximum Gasteiger partial charge on any atom is 0.237 e. The average Bonchev–Trinajstić information content (AvgIpc) is 2.97. The summed E-state index contributed by atoms with van der Waals surface area (Å²) in [7, 11) is 0. The molecule has 0 radical (unpaired) electrons. The number of likely N-dealkylation sites (tertiary alicyclic amines) is 1. The van der Waals surface area contributed by atoms with E-state index >= 15 is 0 Å². The number of rotatable bonds is 5. The van der Waals surface area contributed by atoms with E-state index in [9.17, 15) is 14.3 Å². The first-order valence-corrected chi connectivity index (χ1v) is 8.12. The Morgan fingerprint density at radius 2 is 2.14 bits per heavy atom. The molecule has 0 bridgehead atoms. The van der Waals surface area contributed by atoms with Gasteiger partial charge < -0.3 is 10.4 Å². The molecule has 4 nitrogen and oxygen atoms in total. The van der Waals surface area contributed by atoms with Crippen LogP contribution in [0.3, 0.4) is 0 Å². The van der Waals surface area contributed by atoms with Gasteiger partial charge in [0.1, 0.15) is 5.82 Å². The lowest BCUT2D eigenvalue weighted by Gasteiger charge is -2.44. The molecule has 2 unspecified atom stereocenters. The minimum absolute atomic E-state index is 0.0198. The van der Waals surface area contributed by atoms with Gasteiger partial charge in [-0.2, -0.15) is 0 Å². The van der Waals surface area contributed by atoms with Crippen LogP contribution in [-0.4, -0.2) is 41.1 Å². The van der Waals surface area contributed by atoms with Crippen molar-refractivity contribution in [2.45, 2.75) is 50.3 Å². The summed E-state index contributed by atoms with van der Waals surface area (Å²) in [5, 5.41) is 12.9. The molecule has 120 valence electrons. The predicted octanol–water partition coefficient (Wildman–Crippen LogP) is 1.99. The summed E-state index contributed by atoms with van der Waals surface area (Å²) in [5.41, 5.74) is 0.488. The number of halogens is 1. The summed E-state index contributed by atoms with van der Waals surface area (Å²) in [4.78, 5) is 14.5. The highest BCUT2D eigenvalue weighted by atomic mass is 19.1. The lowest BCUT2D eigenvalue weighted by molar-refractivity contribution is -0.133. The van der Waals surface area contributed by atoms with Gasteiger partial charge in [0.25, 0.3) is 0 Å². The topological polar surface area (TPSA) is 52.6 Å². The van der Waals surface area contributed by atoms with Crippen molar-refractivity contribution < 1.29 is 14.3 Å². The summed E-state index contributed by atoms with van der Waals surface area (Å²) < 4.78 is 13.1. The number of hydrogen-bond donors (Lipinski definition) is 2. The number of carbonyl (C=O) groups excluding carboxylic acids is 1. The third kappa shape index (κ3) is 3.31. The van der Waals surface area contributed by atoms with E-state index in [-0.39, 0.29) is 24.3 Å². The molecule has 22 heavy (non-hydrogen) atoms. The molecule has 2 fully saturated rings. The molecule has 1 amide bonds. The lowest BCUT2D eigenvalue weighted by Crippen LogP contribution is -2.59. The van der Waals surface area contributed by atoms with Crippen LogP contribution < -0.4 is 5.32 Å². The van der Waals surface area contributed by atoms with Gasteiger partial charge in [-0.3, -0.25) is 9.69 Å². The van der Waals surface area contributed by atoms with Gasteiger partial charge in [0.15, 0.2) is 0 Å². The zero-order valence-corrected chi connectivity index (χ0v) is 12.7. The molecule has 2 atom stereocenters. The van der Waals surface area contributed by atoms with Gasteiger partial charge in [-0.15, -0.1) is 0 Å². The Hall–Kier alpha value is -1.46. The van der Waals surface area contributed by atoms with Gasteiger partial charge >= 0.3 is 0 Å². The van der Waals surface area contributed by atoms with E-state index in [4.69, 9.17) is 0 Å². The van der Waals surface area contributed by atoms with Gasteiger partial charge in [0.05, 0.1) is 12.1 Å². The van der Waals surface area contributed by atoms with Gasteiger partial charge in [-0.1, -0.05) is 25.0 Å². The van der Waals surface area contributed by atoms with Crippen molar-refractivity contribution in [2.75, 3.05) is 13.1 Å². The van der Waals surface area contributed by atoms with Crippen molar-refractivity contribution in [3.63, 3.8) is 0 Å². The molecule has 2 N–H and O–H groups in total. The van der Waals surface area contributed by atoms with Gasteiger partial charge in [-0.05, 0) is 37.0 Å². The van der Waals surface area contributed by atoms with Crippen molar-refractivity contribution in [2.24, 2.45) is 0 Å².